The molecule has 1 atom stereocenters. The fourth-order valence-electron chi connectivity index (χ4n) is 4.45. The number of rotatable bonds is 3. The summed E-state index contributed by atoms with van der Waals surface area (Å²) >= 11 is 0. The highest BCUT2D eigenvalue weighted by Gasteiger charge is 2.25. The third-order valence-electron chi connectivity index (χ3n) is 5.82. The highest BCUT2D eigenvalue weighted by Crippen LogP contribution is 2.34. The van der Waals surface area contributed by atoms with Crippen LogP contribution >= 0.6 is 0 Å². The molecule has 0 radical (unpaired) electrons. The Morgan fingerprint density at radius 3 is 2.69 bits per heavy atom. The quantitative estimate of drug-likeness (QED) is 0.556. The second-order valence-electron chi connectivity index (χ2n) is 7.92. The van der Waals surface area contributed by atoms with E-state index in [4.69, 9.17) is 4.98 Å². The van der Waals surface area contributed by atoms with Crippen LogP contribution in [0, 0.1) is 13.8 Å². The van der Waals surface area contributed by atoms with Crippen molar-refractivity contribution in [3.8, 4) is 22.5 Å². The van der Waals surface area contributed by atoms with Gasteiger partial charge in [-0.1, -0.05) is 42.0 Å². The fraction of sp³-hybridized carbons (Fsp3) is 0.250. The molecule has 1 saturated heterocycles. The lowest BCUT2D eigenvalue weighted by Crippen LogP contribution is -2.17. The maximum absolute atomic E-state index is 13.2. The van der Waals surface area contributed by atoms with Gasteiger partial charge in [0, 0.05) is 18.2 Å². The largest absolute Gasteiger partial charge is 0.325 e. The van der Waals surface area contributed by atoms with E-state index in [1.165, 1.54) is 5.56 Å². The van der Waals surface area contributed by atoms with Gasteiger partial charge in [0.2, 0.25) is 0 Å². The molecule has 5 nitrogen and oxygen atoms in total. The first-order valence-electron chi connectivity index (χ1n) is 10.1. The summed E-state index contributed by atoms with van der Waals surface area (Å²) in [7, 11) is 0. The van der Waals surface area contributed by atoms with Crippen molar-refractivity contribution in [3.63, 3.8) is 0 Å². The second kappa shape index (κ2) is 7.01. The molecule has 2 aromatic heterocycles. The van der Waals surface area contributed by atoms with E-state index in [-0.39, 0.29) is 5.56 Å². The van der Waals surface area contributed by atoms with Crippen molar-refractivity contribution < 1.29 is 0 Å². The predicted octanol–water partition coefficient (Wildman–Crippen LogP) is 4.21. The van der Waals surface area contributed by atoms with Gasteiger partial charge in [0.05, 0.1) is 28.8 Å². The normalized spacial score (nSPS) is 16.6. The standard InChI is InChI=1S/C24H24N4O/c1-15-10-16(2)21-18(11-15)12-20(24(29)27-21)23-22(17-6-4-3-5-7-17)26-14-28(23)19-8-9-25-13-19/h3-7,10-12,14,19,25H,8-9,13H2,1-2H3,(H,27,29). The van der Waals surface area contributed by atoms with Crippen LogP contribution < -0.4 is 10.9 Å². The number of pyridine rings is 1. The minimum absolute atomic E-state index is 0.0747. The van der Waals surface area contributed by atoms with Crippen LogP contribution in [0.3, 0.4) is 0 Å². The molecule has 1 fully saturated rings. The maximum Gasteiger partial charge on any atom is 0.257 e. The van der Waals surface area contributed by atoms with E-state index < -0.39 is 0 Å². The Kier molecular flexibility index (Phi) is 4.32. The molecular weight excluding hydrogens is 360 g/mol. The minimum atomic E-state index is -0.0747. The third kappa shape index (κ3) is 3.08. The van der Waals surface area contributed by atoms with Gasteiger partial charge in [-0.3, -0.25) is 4.79 Å². The van der Waals surface area contributed by atoms with E-state index in [0.717, 1.165) is 52.9 Å². The van der Waals surface area contributed by atoms with Crippen LogP contribution in [0.5, 0.6) is 0 Å². The molecule has 1 aliphatic heterocycles. The summed E-state index contributed by atoms with van der Waals surface area (Å²) < 4.78 is 2.18. The number of hydrogen-bond donors (Lipinski definition) is 2. The van der Waals surface area contributed by atoms with E-state index in [2.05, 4.69) is 33.9 Å². The lowest BCUT2D eigenvalue weighted by molar-refractivity contribution is 0.551. The van der Waals surface area contributed by atoms with Crippen LogP contribution in [0.2, 0.25) is 0 Å². The molecule has 1 aliphatic rings. The molecule has 2 aromatic carbocycles. The molecule has 1 unspecified atom stereocenters. The molecule has 0 saturated carbocycles. The summed E-state index contributed by atoms with van der Waals surface area (Å²) in [6, 6.07) is 16.7. The molecule has 0 bridgehead atoms. The van der Waals surface area contributed by atoms with Gasteiger partial charge in [0.25, 0.3) is 5.56 Å². The van der Waals surface area contributed by atoms with Gasteiger partial charge >= 0.3 is 0 Å². The Labute approximate surface area is 169 Å². The van der Waals surface area contributed by atoms with Gasteiger partial charge in [-0.2, -0.15) is 0 Å². The van der Waals surface area contributed by atoms with E-state index in [9.17, 15) is 4.79 Å². The SMILES string of the molecule is Cc1cc(C)c2[nH]c(=O)c(-c3c(-c4ccccc4)ncn3C3CCNC3)cc2c1. The summed E-state index contributed by atoms with van der Waals surface area (Å²) in [5.41, 5.74) is 6.54. The van der Waals surface area contributed by atoms with Crippen LogP contribution in [-0.4, -0.2) is 27.6 Å². The smallest absolute Gasteiger partial charge is 0.257 e. The number of nitrogens with one attached hydrogen (secondary N) is 2. The molecule has 5 heteroatoms. The van der Waals surface area contributed by atoms with E-state index in [0.29, 0.717) is 11.6 Å². The number of benzene rings is 2. The summed E-state index contributed by atoms with van der Waals surface area (Å²) in [5.74, 6) is 0. The van der Waals surface area contributed by atoms with Crippen molar-refractivity contribution in [2.75, 3.05) is 13.1 Å². The Morgan fingerprint density at radius 2 is 1.93 bits per heavy atom. The number of imidazole rings is 1. The minimum Gasteiger partial charge on any atom is -0.325 e. The lowest BCUT2D eigenvalue weighted by Gasteiger charge is -2.16. The summed E-state index contributed by atoms with van der Waals surface area (Å²) in [4.78, 5) is 21.1. The average molecular weight is 384 g/mol. The van der Waals surface area contributed by atoms with Crippen LogP contribution in [0.25, 0.3) is 33.4 Å². The lowest BCUT2D eigenvalue weighted by atomic mass is 10.0. The Bertz CT molecular complexity index is 1250. The van der Waals surface area contributed by atoms with E-state index in [1.54, 1.807) is 0 Å². The zero-order valence-corrected chi connectivity index (χ0v) is 16.7. The summed E-state index contributed by atoms with van der Waals surface area (Å²) in [6.07, 6.45) is 2.92. The van der Waals surface area contributed by atoms with Gasteiger partial charge in [-0.05, 0) is 49.9 Å². The molecular formula is C24H24N4O. The van der Waals surface area contributed by atoms with Crippen molar-refractivity contribution in [2.45, 2.75) is 26.3 Å². The molecule has 0 aliphatic carbocycles. The zero-order chi connectivity index (χ0) is 20.0. The maximum atomic E-state index is 13.2. The zero-order valence-electron chi connectivity index (χ0n) is 16.7. The summed E-state index contributed by atoms with van der Waals surface area (Å²) in [5, 5.41) is 4.47. The van der Waals surface area contributed by atoms with Crippen molar-refractivity contribution in [1.82, 2.24) is 19.9 Å². The average Bonchev–Trinajstić information content (AvgIpc) is 3.38. The Balaban J connectivity index is 1.79. The molecule has 29 heavy (non-hydrogen) atoms. The van der Waals surface area contributed by atoms with Crippen LogP contribution in [0.4, 0.5) is 0 Å². The molecule has 0 spiro atoms. The van der Waals surface area contributed by atoms with Gasteiger partial charge in [-0.15, -0.1) is 0 Å². The Morgan fingerprint density at radius 1 is 1.10 bits per heavy atom. The first kappa shape index (κ1) is 17.9. The van der Waals surface area contributed by atoms with Crippen LogP contribution in [0.1, 0.15) is 23.6 Å². The molecule has 3 heterocycles. The number of hydrogen-bond acceptors (Lipinski definition) is 3. The first-order valence-corrected chi connectivity index (χ1v) is 10.1. The number of aryl methyl sites for hydroxylation is 2. The van der Waals surface area contributed by atoms with Crippen LogP contribution in [0.15, 0.2) is 59.7 Å². The highest BCUT2D eigenvalue weighted by atomic mass is 16.1. The fourth-order valence-corrected chi connectivity index (χ4v) is 4.45. The number of nitrogens with zero attached hydrogens (tertiary/aromatic N) is 2. The first-order chi connectivity index (χ1) is 14.1. The molecule has 146 valence electrons. The molecule has 2 N–H and O–H groups in total. The summed E-state index contributed by atoms with van der Waals surface area (Å²) in [6.45, 7) is 5.99. The number of fused-ring (bicyclic) bond motifs is 1. The molecule has 0 amide bonds. The topological polar surface area (TPSA) is 62.7 Å². The van der Waals surface area contributed by atoms with Crippen molar-refractivity contribution in [1.29, 1.82) is 0 Å². The number of H-pyrrole nitrogens is 1. The van der Waals surface area contributed by atoms with Crippen molar-refractivity contribution in [2.24, 2.45) is 0 Å². The van der Waals surface area contributed by atoms with Gasteiger partial charge in [0.1, 0.15) is 0 Å². The van der Waals surface area contributed by atoms with Gasteiger partial charge in [-0.25, -0.2) is 4.98 Å². The number of aromatic nitrogens is 3. The molecule has 4 aromatic rings. The van der Waals surface area contributed by atoms with E-state index >= 15 is 0 Å². The highest BCUT2D eigenvalue weighted by molar-refractivity contribution is 5.88. The monoisotopic (exact) mass is 384 g/mol. The molecule has 5 rings (SSSR count). The van der Waals surface area contributed by atoms with Crippen molar-refractivity contribution >= 4 is 10.9 Å². The number of aromatic amines is 1. The van der Waals surface area contributed by atoms with Gasteiger partial charge < -0.3 is 14.9 Å². The second-order valence-corrected chi connectivity index (χ2v) is 7.92. The Hall–Kier alpha value is -3.18. The third-order valence-corrected chi connectivity index (χ3v) is 5.82. The van der Waals surface area contributed by atoms with Crippen LogP contribution in [-0.2, 0) is 0 Å². The van der Waals surface area contributed by atoms with Gasteiger partial charge in [0.15, 0.2) is 0 Å². The van der Waals surface area contributed by atoms with Crippen molar-refractivity contribution in [3.05, 3.63) is 76.3 Å². The van der Waals surface area contributed by atoms with E-state index in [1.807, 2.05) is 49.6 Å². The predicted molar refractivity (Wildman–Crippen MR) is 117 cm³/mol.